The first kappa shape index (κ1) is 8.95. The summed E-state index contributed by atoms with van der Waals surface area (Å²) in [6, 6.07) is 0. The van der Waals surface area contributed by atoms with Crippen molar-refractivity contribution in [3.63, 3.8) is 0 Å². The van der Waals surface area contributed by atoms with Crippen molar-refractivity contribution in [3.05, 3.63) is 12.2 Å². The van der Waals surface area contributed by atoms with Gasteiger partial charge in [0.1, 0.15) is 0 Å². The van der Waals surface area contributed by atoms with Crippen molar-refractivity contribution < 1.29 is 9.53 Å². The number of carbonyl (C=O) groups is 1. The van der Waals surface area contributed by atoms with Crippen LogP contribution in [-0.4, -0.2) is 18.5 Å². The van der Waals surface area contributed by atoms with Crippen LogP contribution in [0.4, 0.5) is 0 Å². The number of ether oxygens (including phenoxy) is 1. The average molecular weight is 180 g/mol. The van der Waals surface area contributed by atoms with Crippen molar-refractivity contribution in [2.24, 2.45) is 5.92 Å². The molecule has 0 aromatic carbocycles. The Balaban J connectivity index is 1.81. The monoisotopic (exact) mass is 180 g/mol. The second-order valence-corrected chi connectivity index (χ2v) is 3.99. The summed E-state index contributed by atoms with van der Waals surface area (Å²) in [6.07, 6.45) is 9.55. The normalized spacial score (nSPS) is 34.0. The van der Waals surface area contributed by atoms with Gasteiger partial charge < -0.3 is 4.74 Å². The van der Waals surface area contributed by atoms with Gasteiger partial charge in [-0.3, -0.25) is 4.79 Å². The van der Waals surface area contributed by atoms with E-state index in [1.807, 2.05) is 0 Å². The maximum Gasteiger partial charge on any atom is 0.155 e. The summed E-state index contributed by atoms with van der Waals surface area (Å²) < 4.78 is 5.56. The molecular weight excluding hydrogens is 164 g/mol. The van der Waals surface area contributed by atoms with E-state index in [0.717, 1.165) is 25.9 Å². The first-order valence-electron chi connectivity index (χ1n) is 5.17. The fraction of sp³-hybridized carbons (Fsp3) is 0.727. The molecule has 2 heteroatoms. The molecule has 1 saturated heterocycles. The van der Waals surface area contributed by atoms with Crippen LogP contribution < -0.4 is 0 Å². The molecule has 0 amide bonds. The standard InChI is InChI=1S/C11H16O2/c12-10-5-3-9(4-6-10)8-11-2-1-7-13-11/h3,5,9,11H,1-2,4,6-8H2/t9-,11+/m1/s1. The zero-order valence-corrected chi connectivity index (χ0v) is 7.87. The van der Waals surface area contributed by atoms with Gasteiger partial charge in [-0.25, -0.2) is 0 Å². The Morgan fingerprint density at radius 3 is 3.00 bits per heavy atom. The minimum atomic E-state index is 0.281. The molecule has 13 heavy (non-hydrogen) atoms. The Bertz CT molecular complexity index is 214. The van der Waals surface area contributed by atoms with Gasteiger partial charge in [-0.2, -0.15) is 0 Å². The van der Waals surface area contributed by atoms with E-state index in [2.05, 4.69) is 6.08 Å². The van der Waals surface area contributed by atoms with Gasteiger partial charge in [0.2, 0.25) is 0 Å². The molecule has 1 fully saturated rings. The summed E-state index contributed by atoms with van der Waals surface area (Å²) in [5, 5.41) is 0. The maximum atomic E-state index is 10.9. The van der Waals surface area contributed by atoms with E-state index in [-0.39, 0.29) is 5.78 Å². The highest BCUT2D eigenvalue weighted by Gasteiger charge is 2.21. The van der Waals surface area contributed by atoms with Gasteiger partial charge in [0.25, 0.3) is 0 Å². The number of hydrogen-bond acceptors (Lipinski definition) is 2. The summed E-state index contributed by atoms with van der Waals surface area (Å²) in [7, 11) is 0. The number of allylic oxidation sites excluding steroid dienone is 2. The van der Waals surface area contributed by atoms with Crippen LogP contribution >= 0.6 is 0 Å². The Labute approximate surface area is 79.0 Å². The van der Waals surface area contributed by atoms with E-state index >= 15 is 0 Å². The zero-order chi connectivity index (χ0) is 9.10. The molecule has 1 heterocycles. The number of hydrogen-bond donors (Lipinski definition) is 0. The Morgan fingerprint density at radius 2 is 2.38 bits per heavy atom. The fourth-order valence-corrected chi connectivity index (χ4v) is 2.11. The Kier molecular flexibility index (Phi) is 2.79. The van der Waals surface area contributed by atoms with E-state index in [1.165, 1.54) is 12.8 Å². The second-order valence-electron chi connectivity index (χ2n) is 3.99. The molecule has 0 bridgehead atoms. The maximum absolute atomic E-state index is 10.9. The van der Waals surface area contributed by atoms with Crippen LogP contribution in [0.3, 0.4) is 0 Å². The van der Waals surface area contributed by atoms with Crippen LogP contribution in [0.25, 0.3) is 0 Å². The molecule has 0 unspecified atom stereocenters. The first-order chi connectivity index (χ1) is 6.34. The zero-order valence-electron chi connectivity index (χ0n) is 7.87. The largest absolute Gasteiger partial charge is 0.378 e. The van der Waals surface area contributed by atoms with E-state index in [1.54, 1.807) is 6.08 Å². The van der Waals surface area contributed by atoms with Gasteiger partial charge >= 0.3 is 0 Å². The Hall–Kier alpha value is -0.630. The van der Waals surface area contributed by atoms with Gasteiger partial charge in [0.15, 0.2) is 5.78 Å². The quantitative estimate of drug-likeness (QED) is 0.650. The van der Waals surface area contributed by atoms with Crippen molar-refractivity contribution >= 4 is 5.78 Å². The van der Waals surface area contributed by atoms with E-state index < -0.39 is 0 Å². The molecule has 72 valence electrons. The minimum Gasteiger partial charge on any atom is -0.378 e. The van der Waals surface area contributed by atoms with Gasteiger partial charge in [0, 0.05) is 13.0 Å². The second kappa shape index (κ2) is 4.05. The molecule has 0 saturated carbocycles. The third-order valence-corrected chi connectivity index (χ3v) is 2.91. The van der Waals surface area contributed by atoms with Crippen LogP contribution in [0.15, 0.2) is 12.2 Å². The average Bonchev–Trinajstić information content (AvgIpc) is 2.62. The van der Waals surface area contributed by atoms with Crippen LogP contribution in [-0.2, 0) is 9.53 Å². The summed E-state index contributed by atoms with van der Waals surface area (Å²) in [5.74, 6) is 0.865. The van der Waals surface area contributed by atoms with E-state index in [0.29, 0.717) is 12.0 Å². The number of carbonyl (C=O) groups excluding carboxylic acids is 1. The van der Waals surface area contributed by atoms with Gasteiger partial charge in [0.05, 0.1) is 6.10 Å². The lowest BCUT2D eigenvalue weighted by atomic mass is 9.90. The molecule has 0 aromatic rings. The molecule has 0 radical (unpaired) electrons. The molecule has 2 atom stereocenters. The Morgan fingerprint density at radius 1 is 1.46 bits per heavy atom. The lowest BCUT2D eigenvalue weighted by molar-refractivity contribution is -0.115. The van der Waals surface area contributed by atoms with Crippen LogP contribution in [0.1, 0.15) is 32.1 Å². The summed E-state index contributed by atoms with van der Waals surface area (Å²) in [6.45, 7) is 0.931. The van der Waals surface area contributed by atoms with Crippen molar-refractivity contribution in [1.29, 1.82) is 0 Å². The van der Waals surface area contributed by atoms with Crippen LogP contribution in [0, 0.1) is 5.92 Å². The SMILES string of the molecule is O=C1C=C[C@@H](C[C@@H]2CCCO2)CC1. The number of rotatable bonds is 2. The smallest absolute Gasteiger partial charge is 0.155 e. The predicted octanol–water partition coefficient (Wildman–Crippen LogP) is 2.09. The van der Waals surface area contributed by atoms with Gasteiger partial charge in [-0.15, -0.1) is 0 Å². The molecule has 0 aromatic heterocycles. The van der Waals surface area contributed by atoms with Gasteiger partial charge in [-0.05, 0) is 37.7 Å². The molecule has 2 aliphatic rings. The highest BCUT2D eigenvalue weighted by Crippen LogP contribution is 2.25. The molecular formula is C11H16O2. The van der Waals surface area contributed by atoms with Crippen LogP contribution in [0.2, 0.25) is 0 Å². The highest BCUT2D eigenvalue weighted by molar-refractivity contribution is 5.90. The summed E-state index contributed by atoms with van der Waals surface area (Å²) in [5.41, 5.74) is 0. The van der Waals surface area contributed by atoms with Crippen molar-refractivity contribution in [3.8, 4) is 0 Å². The highest BCUT2D eigenvalue weighted by atomic mass is 16.5. The minimum absolute atomic E-state index is 0.281. The lowest BCUT2D eigenvalue weighted by Crippen LogP contribution is -2.15. The third kappa shape index (κ3) is 2.41. The third-order valence-electron chi connectivity index (χ3n) is 2.91. The van der Waals surface area contributed by atoms with Crippen molar-refractivity contribution in [2.45, 2.75) is 38.2 Å². The molecule has 1 aliphatic carbocycles. The fourth-order valence-electron chi connectivity index (χ4n) is 2.11. The molecule has 2 nitrogen and oxygen atoms in total. The lowest BCUT2D eigenvalue weighted by Gasteiger charge is -2.18. The molecule has 0 spiro atoms. The van der Waals surface area contributed by atoms with Crippen LogP contribution in [0.5, 0.6) is 0 Å². The number of ketones is 1. The molecule has 0 N–H and O–H groups in total. The van der Waals surface area contributed by atoms with Crippen molar-refractivity contribution in [1.82, 2.24) is 0 Å². The summed E-state index contributed by atoms with van der Waals surface area (Å²) >= 11 is 0. The first-order valence-corrected chi connectivity index (χ1v) is 5.17. The molecule has 2 rings (SSSR count). The summed E-state index contributed by atoms with van der Waals surface area (Å²) in [4.78, 5) is 10.9. The van der Waals surface area contributed by atoms with Crippen molar-refractivity contribution in [2.75, 3.05) is 6.61 Å². The topological polar surface area (TPSA) is 26.3 Å². The predicted molar refractivity (Wildman–Crippen MR) is 50.5 cm³/mol. The van der Waals surface area contributed by atoms with E-state index in [9.17, 15) is 4.79 Å². The van der Waals surface area contributed by atoms with Gasteiger partial charge in [-0.1, -0.05) is 6.08 Å². The van der Waals surface area contributed by atoms with E-state index in [4.69, 9.17) is 4.74 Å². The molecule has 1 aliphatic heterocycles.